The Morgan fingerprint density at radius 2 is 2.16 bits per heavy atom. The number of hydrogen-bond acceptors (Lipinski definition) is 2. The van der Waals surface area contributed by atoms with E-state index in [4.69, 9.17) is 16.3 Å². The normalized spacial score (nSPS) is 12.8. The number of unbranched alkanes of at least 4 members (excludes halogenated alkanes) is 2. The van der Waals surface area contributed by atoms with E-state index in [-0.39, 0.29) is 0 Å². The van der Waals surface area contributed by atoms with Crippen LogP contribution < -0.4 is 4.74 Å². The summed E-state index contributed by atoms with van der Waals surface area (Å²) >= 11 is 5.54. The molecular weight excluding hydrogens is 260 g/mol. The van der Waals surface area contributed by atoms with Gasteiger partial charge in [0.05, 0.1) is 6.10 Å². The average Bonchev–Trinajstić information content (AvgIpc) is 2.44. The van der Waals surface area contributed by atoms with Gasteiger partial charge in [0, 0.05) is 5.88 Å². The van der Waals surface area contributed by atoms with E-state index in [0.717, 1.165) is 30.6 Å². The molecule has 1 N–H and O–H groups in total. The maximum atomic E-state index is 10.1. The van der Waals surface area contributed by atoms with Crippen molar-refractivity contribution >= 4 is 11.6 Å². The van der Waals surface area contributed by atoms with Crippen molar-refractivity contribution in [2.45, 2.75) is 38.7 Å². The number of aliphatic hydroxyl groups is 1. The third kappa shape index (κ3) is 6.65. The first-order valence-electron chi connectivity index (χ1n) is 6.89. The molecule has 0 aliphatic rings. The van der Waals surface area contributed by atoms with Gasteiger partial charge in [-0.25, -0.2) is 0 Å². The topological polar surface area (TPSA) is 29.5 Å². The molecule has 0 aliphatic carbocycles. The summed E-state index contributed by atoms with van der Waals surface area (Å²) in [7, 11) is 0. The lowest BCUT2D eigenvalue weighted by molar-refractivity contribution is 0.163. The van der Waals surface area contributed by atoms with Gasteiger partial charge in [-0.05, 0) is 24.1 Å². The summed E-state index contributed by atoms with van der Waals surface area (Å²) in [5, 5.41) is 10.1. The Morgan fingerprint density at radius 1 is 1.32 bits per heavy atom. The van der Waals surface area contributed by atoms with E-state index in [2.05, 4.69) is 6.92 Å². The van der Waals surface area contributed by atoms with Gasteiger partial charge in [-0.15, -0.1) is 11.6 Å². The molecule has 2 nitrogen and oxygen atoms in total. The zero-order valence-corrected chi connectivity index (χ0v) is 12.3. The number of alkyl halides is 1. The van der Waals surface area contributed by atoms with Gasteiger partial charge >= 0.3 is 0 Å². The van der Waals surface area contributed by atoms with Crippen molar-refractivity contribution in [1.82, 2.24) is 0 Å². The number of rotatable bonds is 9. The highest BCUT2D eigenvalue weighted by molar-refractivity contribution is 6.18. The molecule has 0 fully saturated rings. The molecule has 0 radical (unpaired) electrons. The van der Waals surface area contributed by atoms with Gasteiger partial charge in [0.1, 0.15) is 12.4 Å². The molecule has 0 amide bonds. The summed E-state index contributed by atoms with van der Waals surface area (Å²) in [6, 6.07) is 7.67. The molecule has 0 aliphatic heterocycles. The van der Waals surface area contributed by atoms with Crippen LogP contribution in [-0.4, -0.2) is 17.6 Å². The summed E-state index contributed by atoms with van der Waals surface area (Å²) in [4.78, 5) is 0. The van der Waals surface area contributed by atoms with Gasteiger partial charge in [0.25, 0.3) is 0 Å². The van der Waals surface area contributed by atoms with Crippen LogP contribution in [0.1, 0.15) is 44.3 Å². The van der Waals surface area contributed by atoms with Gasteiger partial charge in [-0.1, -0.05) is 50.5 Å². The molecule has 106 valence electrons. The Hall–Kier alpha value is -0.990. The number of benzene rings is 1. The third-order valence-electron chi connectivity index (χ3n) is 2.93. The van der Waals surface area contributed by atoms with Gasteiger partial charge in [0.2, 0.25) is 0 Å². The van der Waals surface area contributed by atoms with Crippen LogP contribution in [0.15, 0.2) is 36.4 Å². The molecule has 0 heterocycles. The minimum atomic E-state index is -0.395. The molecule has 1 unspecified atom stereocenters. The summed E-state index contributed by atoms with van der Waals surface area (Å²) in [6.45, 7) is 2.66. The zero-order valence-electron chi connectivity index (χ0n) is 11.5. The Bertz CT molecular complexity index is 377. The zero-order chi connectivity index (χ0) is 13.9. The van der Waals surface area contributed by atoms with Crippen LogP contribution in [0.3, 0.4) is 0 Å². The van der Waals surface area contributed by atoms with E-state index in [1.807, 2.05) is 36.4 Å². The van der Waals surface area contributed by atoms with Crippen molar-refractivity contribution in [3.05, 3.63) is 42.0 Å². The highest BCUT2D eigenvalue weighted by atomic mass is 35.5. The maximum absolute atomic E-state index is 10.1. The predicted molar refractivity (Wildman–Crippen MR) is 80.9 cm³/mol. The Balaban J connectivity index is 2.48. The fourth-order valence-corrected chi connectivity index (χ4v) is 1.97. The minimum Gasteiger partial charge on any atom is -0.490 e. The van der Waals surface area contributed by atoms with Crippen molar-refractivity contribution in [3.63, 3.8) is 0 Å². The molecule has 0 aromatic heterocycles. The molecule has 19 heavy (non-hydrogen) atoms. The van der Waals surface area contributed by atoms with E-state index < -0.39 is 6.10 Å². The summed E-state index contributed by atoms with van der Waals surface area (Å²) in [5.74, 6) is 1.28. The molecule has 1 aromatic rings. The molecule has 1 aromatic carbocycles. The maximum Gasteiger partial charge on any atom is 0.120 e. The van der Waals surface area contributed by atoms with Crippen molar-refractivity contribution in [2.75, 3.05) is 12.5 Å². The molecule has 0 spiro atoms. The van der Waals surface area contributed by atoms with E-state index in [0.29, 0.717) is 12.5 Å². The van der Waals surface area contributed by atoms with Crippen molar-refractivity contribution < 1.29 is 9.84 Å². The first kappa shape index (κ1) is 16.1. The van der Waals surface area contributed by atoms with Gasteiger partial charge in [-0.2, -0.15) is 0 Å². The summed E-state index contributed by atoms with van der Waals surface area (Å²) in [5.41, 5.74) is 0.926. The van der Waals surface area contributed by atoms with Crippen molar-refractivity contribution in [2.24, 2.45) is 0 Å². The van der Waals surface area contributed by atoms with E-state index in [1.54, 1.807) is 0 Å². The Labute approximate surface area is 121 Å². The molecular formula is C16H23ClO2. The highest BCUT2D eigenvalue weighted by Gasteiger charge is 2.07. The molecule has 0 saturated heterocycles. The van der Waals surface area contributed by atoms with Crippen LogP contribution in [0.25, 0.3) is 0 Å². The number of hydrogen-bond donors (Lipinski definition) is 1. The lowest BCUT2D eigenvalue weighted by atomic mass is 10.0. The van der Waals surface area contributed by atoms with E-state index in [9.17, 15) is 5.11 Å². The van der Waals surface area contributed by atoms with Crippen LogP contribution in [0.4, 0.5) is 0 Å². The highest BCUT2D eigenvalue weighted by Crippen LogP contribution is 2.23. The lowest BCUT2D eigenvalue weighted by Gasteiger charge is -2.12. The third-order valence-corrected chi connectivity index (χ3v) is 3.10. The SMILES string of the molecule is CCCCCC(O)c1cccc(OC/C=C/CCl)c1. The minimum absolute atomic E-state index is 0.395. The molecule has 1 rings (SSSR count). The van der Waals surface area contributed by atoms with Crippen molar-refractivity contribution in [1.29, 1.82) is 0 Å². The second kappa shape index (κ2) is 9.88. The molecule has 0 bridgehead atoms. The summed E-state index contributed by atoms with van der Waals surface area (Å²) in [6.07, 6.45) is 7.54. The monoisotopic (exact) mass is 282 g/mol. The van der Waals surface area contributed by atoms with E-state index in [1.165, 1.54) is 6.42 Å². The lowest BCUT2D eigenvalue weighted by Crippen LogP contribution is -1.99. The molecule has 0 saturated carbocycles. The first-order chi connectivity index (χ1) is 9.27. The van der Waals surface area contributed by atoms with Crippen LogP contribution in [0.5, 0.6) is 5.75 Å². The number of allylic oxidation sites excluding steroid dienone is 1. The van der Waals surface area contributed by atoms with Gasteiger partial charge < -0.3 is 9.84 Å². The van der Waals surface area contributed by atoms with Crippen LogP contribution in [-0.2, 0) is 0 Å². The quantitative estimate of drug-likeness (QED) is 0.411. The Kier molecular flexibility index (Phi) is 8.35. The fourth-order valence-electron chi connectivity index (χ4n) is 1.84. The second-order valence-electron chi connectivity index (χ2n) is 4.52. The molecule has 1 atom stereocenters. The van der Waals surface area contributed by atoms with Crippen LogP contribution in [0.2, 0.25) is 0 Å². The van der Waals surface area contributed by atoms with E-state index >= 15 is 0 Å². The fraction of sp³-hybridized carbons (Fsp3) is 0.500. The Morgan fingerprint density at radius 3 is 2.89 bits per heavy atom. The van der Waals surface area contributed by atoms with Crippen LogP contribution in [0, 0.1) is 0 Å². The predicted octanol–water partition coefficient (Wildman–Crippen LogP) is 4.47. The first-order valence-corrected chi connectivity index (χ1v) is 7.43. The second-order valence-corrected chi connectivity index (χ2v) is 4.83. The van der Waals surface area contributed by atoms with Crippen LogP contribution >= 0.6 is 11.6 Å². The number of aliphatic hydroxyl groups excluding tert-OH is 1. The smallest absolute Gasteiger partial charge is 0.120 e. The van der Waals surface area contributed by atoms with Gasteiger partial charge in [0.15, 0.2) is 0 Å². The average molecular weight is 283 g/mol. The van der Waals surface area contributed by atoms with Crippen molar-refractivity contribution in [3.8, 4) is 5.75 Å². The molecule has 3 heteroatoms. The van der Waals surface area contributed by atoms with Gasteiger partial charge in [-0.3, -0.25) is 0 Å². The number of halogens is 1. The number of ether oxygens (including phenoxy) is 1. The largest absolute Gasteiger partial charge is 0.490 e. The summed E-state index contributed by atoms with van der Waals surface area (Å²) < 4.78 is 5.57. The standard InChI is InChI=1S/C16H23ClO2/c1-2-3-4-10-16(18)14-8-7-9-15(13-14)19-12-6-5-11-17/h5-9,13,16,18H,2-4,10-12H2,1H3/b6-5+.